The Labute approximate surface area is 96.7 Å². The summed E-state index contributed by atoms with van der Waals surface area (Å²) in [4.78, 5) is 11.0. The minimum Gasteiger partial charge on any atom is -0.492 e. The Bertz CT molecular complexity index is 432. The molecule has 5 nitrogen and oxygen atoms in total. The van der Waals surface area contributed by atoms with E-state index in [2.05, 4.69) is 0 Å². The summed E-state index contributed by atoms with van der Waals surface area (Å²) >= 11 is 0. The molecular formula is C11H11FO5. The van der Waals surface area contributed by atoms with E-state index >= 15 is 0 Å². The van der Waals surface area contributed by atoms with E-state index in [4.69, 9.17) is 19.3 Å². The molecular weight excluding hydrogens is 231 g/mol. The smallest absolute Gasteiger partial charge is 0.339 e. The fraction of sp³-hybridized carbons (Fsp3) is 0.364. The van der Waals surface area contributed by atoms with Crippen molar-refractivity contribution in [3.8, 4) is 17.2 Å². The number of aromatic carboxylic acids is 1. The fourth-order valence-corrected chi connectivity index (χ4v) is 1.45. The van der Waals surface area contributed by atoms with Gasteiger partial charge in [0.2, 0.25) is 6.79 Å². The summed E-state index contributed by atoms with van der Waals surface area (Å²) in [6, 6.07) is 2.79. The maximum Gasteiger partial charge on any atom is 0.339 e. The zero-order chi connectivity index (χ0) is 12.3. The normalized spacial score (nSPS) is 12.5. The van der Waals surface area contributed by atoms with Gasteiger partial charge in [-0.1, -0.05) is 0 Å². The molecule has 0 spiro atoms. The highest BCUT2D eigenvalue weighted by Crippen LogP contribution is 2.38. The standard InChI is InChI=1S/C11H11FO5/c12-2-1-3-15-8-5-10-9(16-6-17-10)4-7(8)11(13)14/h4-5H,1-3,6H2,(H,13,14). The fourth-order valence-electron chi connectivity index (χ4n) is 1.45. The van der Waals surface area contributed by atoms with Gasteiger partial charge < -0.3 is 19.3 Å². The predicted octanol–water partition coefficient (Wildman–Crippen LogP) is 1.85. The number of carboxylic acids is 1. The average molecular weight is 242 g/mol. The van der Waals surface area contributed by atoms with Crippen LogP contribution in [-0.4, -0.2) is 31.2 Å². The number of carbonyl (C=O) groups is 1. The Kier molecular flexibility index (Phi) is 3.32. The van der Waals surface area contributed by atoms with Crippen LogP contribution in [0.5, 0.6) is 17.2 Å². The van der Waals surface area contributed by atoms with Crippen molar-refractivity contribution in [2.45, 2.75) is 6.42 Å². The highest BCUT2D eigenvalue weighted by molar-refractivity contribution is 5.92. The second-order valence-electron chi connectivity index (χ2n) is 3.40. The highest BCUT2D eigenvalue weighted by Gasteiger charge is 2.21. The second-order valence-corrected chi connectivity index (χ2v) is 3.40. The van der Waals surface area contributed by atoms with Crippen LogP contribution in [0, 0.1) is 0 Å². The molecule has 0 unspecified atom stereocenters. The van der Waals surface area contributed by atoms with E-state index in [1.807, 2.05) is 0 Å². The van der Waals surface area contributed by atoms with Gasteiger partial charge in [0.25, 0.3) is 0 Å². The van der Waals surface area contributed by atoms with Gasteiger partial charge in [0, 0.05) is 18.6 Å². The maximum atomic E-state index is 11.9. The summed E-state index contributed by atoms with van der Waals surface area (Å²) in [6.07, 6.45) is 0.216. The first-order valence-corrected chi connectivity index (χ1v) is 5.08. The lowest BCUT2D eigenvalue weighted by Crippen LogP contribution is -2.05. The molecule has 0 bridgehead atoms. The summed E-state index contributed by atoms with van der Waals surface area (Å²) in [5.41, 5.74) is -0.0203. The molecule has 1 aromatic rings. The summed E-state index contributed by atoms with van der Waals surface area (Å²) in [5.74, 6) is -0.153. The number of rotatable bonds is 5. The third-order valence-corrected chi connectivity index (χ3v) is 2.24. The van der Waals surface area contributed by atoms with Crippen LogP contribution < -0.4 is 14.2 Å². The van der Waals surface area contributed by atoms with Gasteiger partial charge in [-0.2, -0.15) is 0 Å². The van der Waals surface area contributed by atoms with Crippen LogP contribution >= 0.6 is 0 Å². The molecule has 0 amide bonds. The Hall–Kier alpha value is -1.98. The highest BCUT2D eigenvalue weighted by atomic mass is 19.1. The largest absolute Gasteiger partial charge is 0.492 e. The first-order valence-electron chi connectivity index (χ1n) is 5.08. The van der Waals surface area contributed by atoms with Gasteiger partial charge in [-0.15, -0.1) is 0 Å². The van der Waals surface area contributed by atoms with Crippen LogP contribution in [0.1, 0.15) is 16.8 Å². The van der Waals surface area contributed by atoms with E-state index < -0.39 is 12.6 Å². The lowest BCUT2D eigenvalue weighted by molar-refractivity contribution is 0.0691. The molecule has 0 aliphatic carbocycles. The van der Waals surface area contributed by atoms with E-state index in [-0.39, 0.29) is 31.1 Å². The van der Waals surface area contributed by atoms with Gasteiger partial charge in [-0.3, -0.25) is 4.39 Å². The first-order chi connectivity index (χ1) is 8.22. The van der Waals surface area contributed by atoms with E-state index in [1.54, 1.807) is 0 Å². The van der Waals surface area contributed by atoms with Gasteiger partial charge in [0.1, 0.15) is 11.3 Å². The summed E-state index contributed by atoms with van der Waals surface area (Å²) in [5, 5.41) is 9.00. The van der Waals surface area contributed by atoms with Crippen LogP contribution in [0.2, 0.25) is 0 Å². The number of fused-ring (bicyclic) bond motifs is 1. The minimum atomic E-state index is -1.13. The summed E-state index contributed by atoms with van der Waals surface area (Å²) in [7, 11) is 0. The number of alkyl halides is 1. The molecule has 1 heterocycles. The summed E-state index contributed by atoms with van der Waals surface area (Å²) < 4.78 is 27.3. The second kappa shape index (κ2) is 4.90. The average Bonchev–Trinajstić information content (AvgIpc) is 2.75. The van der Waals surface area contributed by atoms with E-state index in [1.165, 1.54) is 12.1 Å². The Morgan fingerprint density at radius 3 is 2.76 bits per heavy atom. The topological polar surface area (TPSA) is 65.0 Å². The molecule has 0 radical (unpaired) electrons. The lowest BCUT2D eigenvalue weighted by Gasteiger charge is -2.09. The summed E-state index contributed by atoms with van der Waals surface area (Å²) in [6.45, 7) is -0.328. The van der Waals surface area contributed by atoms with Crippen LogP contribution in [0.4, 0.5) is 4.39 Å². The molecule has 92 valence electrons. The van der Waals surface area contributed by atoms with Crippen LogP contribution in [0.3, 0.4) is 0 Å². The number of halogens is 1. The third-order valence-electron chi connectivity index (χ3n) is 2.24. The molecule has 6 heteroatoms. The Morgan fingerprint density at radius 1 is 1.41 bits per heavy atom. The Balaban J connectivity index is 2.25. The van der Waals surface area contributed by atoms with Crippen molar-refractivity contribution in [2.75, 3.05) is 20.1 Å². The molecule has 17 heavy (non-hydrogen) atoms. The molecule has 1 aliphatic rings. The van der Waals surface area contributed by atoms with E-state index in [9.17, 15) is 9.18 Å². The van der Waals surface area contributed by atoms with Crippen LogP contribution in [-0.2, 0) is 0 Å². The molecule has 1 N–H and O–H groups in total. The zero-order valence-electron chi connectivity index (χ0n) is 8.94. The number of ether oxygens (including phenoxy) is 3. The lowest BCUT2D eigenvalue weighted by atomic mass is 10.2. The van der Waals surface area contributed by atoms with Crippen molar-refractivity contribution < 1.29 is 28.5 Å². The number of hydrogen-bond donors (Lipinski definition) is 1. The molecule has 2 rings (SSSR count). The Morgan fingerprint density at radius 2 is 2.12 bits per heavy atom. The number of benzene rings is 1. The monoisotopic (exact) mass is 242 g/mol. The van der Waals surface area contributed by atoms with E-state index in [0.717, 1.165) is 0 Å². The molecule has 0 saturated heterocycles. The van der Waals surface area contributed by atoms with Crippen molar-refractivity contribution in [3.05, 3.63) is 17.7 Å². The SMILES string of the molecule is O=C(O)c1cc2c(cc1OCCCF)OCO2. The number of hydrogen-bond acceptors (Lipinski definition) is 4. The van der Waals surface area contributed by atoms with Crippen LogP contribution in [0.15, 0.2) is 12.1 Å². The molecule has 0 aromatic heterocycles. The molecule has 1 aliphatic heterocycles. The quantitative estimate of drug-likeness (QED) is 0.798. The van der Waals surface area contributed by atoms with Gasteiger partial charge >= 0.3 is 5.97 Å². The first kappa shape index (κ1) is 11.5. The molecule has 0 atom stereocenters. The van der Waals surface area contributed by atoms with Gasteiger partial charge in [0.15, 0.2) is 11.5 Å². The molecule has 0 saturated carbocycles. The van der Waals surface area contributed by atoms with Crippen molar-refractivity contribution >= 4 is 5.97 Å². The van der Waals surface area contributed by atoms with Gasteiger partial charge in [0.05, 0.1) is 13.3 Å². The van der Waals surface area contributed by atoms with Crippen molar-refractivity contribution in [2.24, 2.45) is 0 Å². The maximum absolute atomic E-state index is 11.9. The predicted molar refractivity (Wildman–Crippen MR) is 55.6 cm³/mol. The third kappa shape index (κ3) is 2.41. The molecule has 0 fully saturated rings. The van der Waals surface area contributed by atoms with Gasteiger partial charge in [-0.25, -0.2) is 4.79 Å². The van der Waals surface area contributed by atoms with Gasteiger partial charge in [-0.05, 0) is 0 Å². The van der Waals surface area contributed by atoms with Crippen molar-refractivity contribution in [1.82, 2.24) is 0 Å². The number of carboxylic acid groups (broad SMARTS) is 1. The van der Waals surface area contributed by atoms with E-state index in [0.29, 0.717) is 11.5 Å². The minimum absolute atomic E-state index is 0.0203. The zero-order valence-corrected chi connectivity index (χ0v) is 8.94. The van der Waals surface area contributed by atoms with Crippen LogP contribution in [0.25, 0.3) is 0 Å². The van der Waals surface area contributed by atoms with Crippen molar-refractivity contribution in [1.29, 1.82) is 0 Å². The van der Waals surface area contributed by atoms with Crippen molar-refractivity contribution in [3.63, 3.8) is 0 Å². The molecule has 1 aromatic carbocycles.